The smallest absolute Gasteiger partial charge is 0.253 e. The van der Waals surface area contributed by atoms with Crippen molar-refractivity contribution < 1.29 is 14.3 Å². The van der Waals surface area contributed by atoms with E-state index in [0.29, 0.717) is 24.2 Å². The minimum atomic E-state index is 0.0400. The number of rotatable bonds is 7. The van der Waals surface area contributed by atoms with Gasteiger partial charge in [0, 0.05) is 43.1 Å². The van der Waals surface area contributed by atoms with E-state index in [1.807, 2.05) is 30.0 Å². The highest BCUT2D eigenvalue weighted by Crippen LogP contribution is 2.39. The molecule has 2 aromatic rings. The highest BCUT2D eigenvalue weighted by molar-refractivity contribution is 5.97. The van der Waals surface area contributed by atoms with E-state index < -0.39 is 0 Å². The molecule has 166 valence electrons. The number of nitrogens with zero attached hydrogens (tertiary/aromatic N) is 3. The third-order valence-corrected chi connectivity index (χ3v) is 6.34. The Hall–Kier alpha value is -3.22. The molecule has 0 atom stereocenters. The number of fused-ring (bicyclic) bond motifs is 1. The Bertz CT molecular complexity index is 1110. The van der Waals surface area contributed by atoms with Gasteiger partial charge in [0.1, 0.15) is 17.2 Å². The second-order valence-electron chi connectivity index (χ2n) is 8.94. The first kappa shape index (κ1) is 20.7. The van der Waals surface area contributed by atoms with Gasteiger partial charge in [-0.2, -0.15) is 0 Å². The minimum Gasteiger partial charge on any atom is -0.495 e. The molecule has 7 heteroatoms. The Labute approximate surface area is 187 Å². The monoisotopic (exact) mass is 432 g/mol. The third kappa shape index (κ3) is 4.11. The summed E-state index contributed by atoms with van der Waals surface area (Å²) in [5, 5.41) is 3.43. The Morgan fingerprint density at radius 2 is 1.94 bits per heavy atom. The number of carbonyl (C=O) groups is 2. The molecular weight excluding hydrogens is 404 g/mol. The summed E-state index contributed by atoms with van der Waals surface area (Å²) in [4.78, 5) is 36.4. The summed E-state index contributed by atoms with van der Waals surface area (Å²) in [7, 11) is 1.60. The van der Waals surface area contributed by atoms with Crippen LogP contribution in [0.4, 0.5) is 17.1 Å². The van der Waals surface area contributed by atoms with Gasteiger partial charge in [-0.05, 0) is 56.9 Å². The second kappa shape index (κ2) is 8.37. The Kier molecular flexibility index (Phi) is 5.41. The number of ether oxygens (including phenoxy) is 1. The zero-order valence-corrected chi connectivity index (χ0v) is 18.6. The van der Waals surface area contributed by atoms with Crippen LogP contribution >= 0.6 is 0 Å². The SMILES string of the molecule is COc1cc(C(=O)N2CCCC2)ccc1Nc1cc(CC(=O)C2CC2)nc2c1N=C(C)C2. The number of amides is 1. The van der Waals surface area contributed by atoms with Gasteiger partial charge in [0.25, 0.3) is 5.91 Å². The van der Waals surface area contributed by atoms with Crippen LogP contribution in [0.15, 0.2) is 29.3 Å². The van der Waals surface area contributed by atoms with E-state index in [9.17, 15) is 9.59 Å². The molecule has 1 aliphatic carbocycles. The lowest BCUT2D eigenvalue weighted by Gasteiger charge is -2.18. The van der Waals surface area contributed by atoms with Crippen LogP contribution in [0.3, 0.4) is 0 Å². The van der Waals surface area contributed by atoms with Gasteiger partial charge in [0.05, 0.1) is 29.9 Å². The van der Waals surface area contributed by atoms with Gasteiger partial charge in [-0.1, -0.05) is 0 Å². The van der Waals surface area contributed by atoms with Crippen molar-refractivity contribution in [1.82, 2.24) is 9.88 Å². The number of hydrogen-bond donors (Lipinski definition) is 1. The highest BCUT2D eigenvalue weighted by atomic mass is 16.5. The lowest BCUT2D eigenvalue weighted by molar-refractivity contribution is -0.119. The number of carbonyl (C=O) groups excluding carboxylic acids is 2. The molecule has 0 bridgehead atoms. The average molecular weight is 433 g/mol. The van der Waals surface area contributed by atoms with E-state index in [0.717, 1.165) is 72.9 Å². The number of hydrogen-bond acceptors (Lipinski definition) is 6. The van der Waals surface area contributed by atoms with E-state index in [1.54, 1.807) is 13.2 Å². The van der Waals surface area contributed by atoms with Gasteiger partial charge >= 0.3 is 0 Å². The Morgan fingerprint density at radius 3 is 2.66 bits per heavy atom. The molecule has 5 rings (SSSR count). The van der Waals surface area contributed by atoms with Crippen LogP contribution in [0, 0.1) is 5.92 Å². The standard InChI is InChI=1S/C25H28N4O3/c1-15-11-20-24(26-15)21(13-18(27-20)14-22(30)16-5-6-16)28-19-8-7-17(12-23(19)32-2)25(31)29-9-3-4-10-29/h7-8,12-13,16H,3-6,9-11,14H2,1-2H3,(H,27,28). The molecule has 32 heavy (non-hydrogen) atoms. The molecule has 1 saturated heterocycles. The number of pyridine rings is 1. The maximum absolute atomic E-state index is 12.8. The summed E-state index contributed by atoms with van der Waals surface area (Å²) >= 11 is 0. The van der Waals surface area contributed by atoms with Crippen molar-refractivity contribution in [3.05, 3.63) is 41.2 Å². The summed E-state index contributed by atoms with van der Waals surface area (Å²) in [6.07, 6.45) is 5.15. The largest absolute Gasteiger partial charge is 0.495 e. The van der Waals surface area contributed by atoms with Gasteiger partial charge in [0.2, 0.25) is 0 Å². The van der Waals surface area contributed by atoms with E-state index in [2.05, 4.69) is 10.3 Å². The number of likely N-dealkylation sites (tertiary alicyclic amines) is 1. The third-order valence-electron chi connectivity index (χ3n) is 6.34. The molecule has 1 saturated carbocycles. The van der Waals surface area contributed by atoms with Crippen LogP contribution in [0.1, 0.15) is 54.4 Å². The van der Waals surface area contributed by atoms with Crippen molar-refractivity contribution in [3.8, 4) is 5.75 Å². The summed E-state index contributed by atoms with van der Waals surface area (Å²) in [6.45, 7) is 3.61. The van der Waals surface area contributed by atoms with Gasteiger partial charge in [-0.15, -0.1) is 0 Å². The number of aromatic nitrogens is 1. The fourth-order valence-electron chi connectivity index (χ4n) is 4.46. The van der Waals surface area contributed by atoms with E-state index in [4.69, 9.17) is 9.72 Å². The van der Waals surface area contributed by atoms with Crippen molar-refractivity contribution in [2.45, 2.75) is 45.4 Å². The topological polar surface area (TPSA) is 83.9 Å². The van der Waals surface area contributed by atoms with Crippen LogP contribution in [0.25, 0.3) is 0 Å². The lowest BCUT2D eigenvalue weighted by atomic mass is 10.1. The predicted molar refractivity (Wildman–Crippen MR) is 124 cm³/mol. The molecule has 3 heterocycles. The Morgan fingerprint density at radius 1 is 1.16 bits per heavy atom. The van der Waals surface area contributed by atoms with Crippen molar-refractivity contribution in [1.29, 1.82) is 0 Å². The molecule has 0 radical (unpaired) electrons. The summed E-state index contributed by atoms with van der Waals surface area (Å²) in [5.74, 6) is 1.11. The van der Waals surface area contributed by atoms with Crippen LogP contribution in [-0.4, -0.2) is 47.5 Å². The quantitative estimate of drug-likeness (QED) is 0.707. The molecule has 1 aromatic carbocycles. The molecule has 1 aromatic heterocycles. The molecule has 2 aliphatic heterocycles. The van der Waals surface area contributed by atoms with Crippen molar-refractivity contribution in [3.63, 3.8) is 0 Å². The summed E-state index contributed by atoms with van der Waals surface area (Å²) in [6, 6.07) is 7.41. The summed E-state index contributed by atoms with van der Waals surface area (Å²) in [5.41, 5.74) is 5.65. The molecule has 2 fully saturated rings. The zero-order valence-electron chi connectivity index (χ0n) is 18.6. The van der Waals surface area contributed by atoms with Crippen molar-refractivity contribution >= 4 is 34.5 Å². The van der Waals surface area contributed by atoms with E-state index >= 15 is 0 Å². The minimum absolute atomic E-state index is 0.0400. The van der Waals surface area contributed by atoms with Gasteiger partial charge in [0.15, 0.2) is 0 Å². The number of anilines is 2. The highest BCUT2D eigenvalue weighted by Gasteiger charge is 2.30. The fourth-order valence-corrected chi connectivity index (χ4v) is 4.46. The molecule has 1 amide bonds. The second-order valence-corrected chi connectivity index (χ2v) is 8.94. The maximum Gasteiger partial charge on any atom is 0.253 e. The number of aliphatic imine (C=N–C) groups is 1. The molecule has 7 nitrogen and oxygen atoms in total. The van der Waals surface area contributed by atoms with Gasteiger partial charge in [-0.25, -0.2) is 0 Å². The summed E-state index contributed by atoms with van der Waals surface area (Å²) < 4.78 is 5.61. The first-order valence-corrected chi connectivity index (χ1v) is 11.4. The number of ketones is 1. The first-order valence-electron chi connectivity index (χ1n) is 11.4. The number of benzene rings is 1. The first-order chi connectivity index (χ1) is 15.5. The van der Waals surface area contributed by atoms with Crippen LogP contribution < -0.4 is 10.1 Å². The van der Waals surface area contributed by atoms with E-state index in [-0.39, 0.29) is 17.6 Å². The van der Waals surface area contributed by atoms with Crippen molar-refractivity contribution in [2.24, 2.45) is 10.9 Å². The molecule has 0 unspecified atom stereocenters. The number of Topliss-reactive ketones (excluding diaryl/α,β-unsaturated/α-hetero) is 1. The average Bonchev–Trinajstić information content (AvgIpc) is 3.36. The maximum atomic E-state index is 12.8. The fraction of sp³-hybridized carbons (Fsp3) is 0.440. The number of methoxy groups -OCH3 is 1. The zero-order chi connectivity index (χ0) is 22.2. The van der Waals surface area contributed by atoms with Crippen LogP contribution in [0.5, 0.6) is 5.75 Å². The number of nitrogens with one attached hydrogen (secondary N) is 1. The van der Waals surface area contributed by atoms with Crippen LogP contribution in [0.2, 0.25) is 0 Å². The van der Waals surface area contributed by atoms with Crippen molar-refractivity contribution in [2.75, 3.05) is 25.5 Å². The predicted octanol–water partition coefficient (Wildman–Crippen LogP) is 4.24. The molecule has 1 N–H and O–H groups in total. The molecular formula is C25H28N4O3. The Balaban J connectivity index is 1.44. The lowest BCUT2D eigenvalue weighted by Crippen LogP contribution is -2.27. The molecule has 0 spiro atoms. The normalized spacial score (nSPS) is 17.2. The molecule has 3 aliphatic rings. The van der Waals surface area contributed by atoms with Crippen LogP contribution in [-0.2, 0) is 17.6 Å². The van der Waals surface area contributed by atoms with E-state index in [1.165, 1.54) is 0 Å². The van der Waals surface area contributed by atoms with Gasteiger partial charge < -0.3 is 15.0 Å². The van der Waals surface area contributed by atoms with Gasteiger partial charge in [-0.3, -0.25) is 19.6 Å².